The Morgan fingerprint density at radius 1 is 1.17 bits per heavy atom. The van der Waals surface area contributed by atoms with Gasteiger partial charge in [-0.1, -0.05) is 38.1 Å². The lowest BCUT2D eigenvalue weighted by Gasteiger charge is -2.10. The van der Waals surface area contributed by atoms with Crippen LogP contribution in [0.5, 0.6) is 5.75 Å². The van der Waals surface area contributed by atoms with Crippen LogP contribution in [0.4, 0.5) is 5.69 Å². The topological polar surface area (TPSA) is 51.2 Å². The van der Waals surface area contributed by atoms with Crippen LogP contribution in [0.3, 0.4) is 0 Å². The Bertz CT molecular complexity index is 963. The van der Waals surface area contributed by atoms with E-state index >= 15 is 0 Å². The third-order valence-electron chi connectivity index (χ3n) is 5.01. The summed E-state index contributed by atoms with van der Waals surface area (Å²) in [5, 5.41) is 5.74. The number of rotatable bonds is 8. The molecule has 0 aliphatic carbocycles. The molecule has 0 aliphatic heterocycles. The highest BCUT2D eigenvalue weighted by Crippen LogP contribution is 2.22. The van der Waals surface area contributed by atoms with Gasteiger partial charge in [0.15, 0.2) is 0 Å². The second-order valence-corrected chi connectivity index (χ2v) is 8.39. The maximum atomic E-state index is 12.3. The number of carbonyl (C=O) groups is 1. The van der Waals surface area contributed by atoms with Crippen LogP contribution in [0.15, 0.2) is 47.8 Å². The first kappa shape index (κ1) is 21.1. The minimum Gasteiger partial charge on any atom is -0.486 e. The molecule has 0 fully saturated rings. The molecular weight excluding hydrogens is 380 g/mol. The largest absolute Gasteiger partial charge is 0.486 e. The summed E-state index contributed by atoms with van der Waals surface area (Å²) in [7, 11) is 0. The molecule has 0 spiro atoms. The van der Waals surface area contributed by atoms with Crippen molar-refractivity contribution in [2.45, 2.75) is 53.1 Å². The summed E-state index contributed by atoms with van der Waals surface area (Å²) in [6.07, 6.45) is 1.36. The fourth-order valence-electron chi connectivity index (χ4n) is 3.00. The number of nitrogens with zero attached hydrogens (tertiary/aromatic N) is 1. The van der Waals surface area contributed by atoms with E-state index in [1.165, 1.54) is 22.5 Å². The number of aryl methyl sites for hydroxylation is 2. The Balaban J connectivity index is 1.52. The van der Waals surface area contributed by atoms with Gasteiger partial charge in [0.25, 0.3) is 0 Å². The molecule has 0 radical (unpaired) electrons. The molecule has 1 aromatic heterocycles. The number of hydrogen-bond donors (Lipinski definition) is 1. The van der Waals surface area contributed by atoms with Crippen molar-refractivity contribution < 1.29 is 9.53 Å². The van der Waals surface area contributed by atoms with Gasteiger partial charge in [0.1, 0.15) is 17.4 Å². The molecule has 1 atom stereocenters. The molecule has 0 saturated heterocycles. The highest BCUT2D eigenvalue weighted by molar-refractivity contribution is 7.09. The number of anilines is 1. The highest BCUT2D eigenvalue weighted by atomic mass is 32.1. The zero-order chi connectivity index (χ0) is 20.8. The predicted molar refractivity (Wildman–Crippen MR) is 120 cm³/mol. The molecule has 5 heteroatoms. The summed E-state index contributed by atoms with van der Waals surface area (Å²) in [6.45, 7) is 8.87. The van der Waals surface area contributed by atoms with Gasteiger partial charge >= 0.3 is 0 Å². The van der Waals surface area contributed by atoms with E-state index in [0.717, 1.165) is 34.1 Å². The van der Waals surface area contributed by atoms with Gasteiger partial charge in [0.05, 0.1) is 12.1 Å². The molecule has 0 bridgehead atoms. The number of ether oxygens (including phenoxy) is 1. The molecule has 4 nitrogen and oxygen atoms in total. The first-order valence-corrected chi connectivity index (χ1v) is 10.9. The normalized spacial score (nSPS) is 11.9. The average molecular weight is 409 g/mol. The van der Waals surface area contributed by atoms with E-state index in [0.29, 0.717) is 12.5 Å². The van der Waals surface area contributed by atoms with Gasteiger partial charge in [-0.15, -0.1) is 11.3 Å². The highest BCUT2D eigenvalue weighted by Gasteiger charge is 2.10. The van der Waals surface area contributed by atoms with E-state index in [2.05, 4.69) is 48.4 Å². The second-order valence-electron chi connectivity index (χ2n) is 7.45. The number of benzene rings is 2. The number of amides is 1. The minimum atomic E-state index is -0.0615. The molecule has 0 unspecified atom stereocenters. The summed E-state index contributed by atoms with van der Waals surface area (Å²) in [5.41, 5.74) is 5.14. The molecule has 1 heterocycles. The minimum absolute atomic E-state index is 0.0615. The molecule has 2 aromatic carbocycles. The van der Waals surface area contributed by atoms with Gasteiger partial charge < -0.3 is 10.1 Å². The lowest BCUT2D eigenvalue weighted by molar-refractivity contribution is -0.115. The van der Waals surface area contributed by atoms with E-state index in [9.17, 15) is 4.79 Å². The molecule has 29 heavy (non-hydrogen) atoms. The van der Waals surface area contributed by atoms with Crippen LogP contribution in [0.1, 0.15) is 53.6 Å². The van der Waals surface area contributed by atoms with Crippen LogP contribution in [0, 0.1) is 13.8 Å². The zero-order valence-electron chi connectivity index (χ0n) is 17.5. The molecule has 152 valence electrons. The van der Waals surface area contributed by atoms with Crippen molar-refractivity contribution in [3.8, 4) is 5.75 Å². The van der Waals surface area contributed by atoms with E-state index in [1.807, 2.05) is 37.4 Å². The van der Waals surface area contributed by atoms with Crippen LogP contribution in [-0.4, -0.2) is 10.9 Å². The van der Waals surface area contributed by atoms with Crippen LogP contribution in [0.25, 0.3) is 0 Å². The summed E-state index contributed by atoms with van der Waals surface area (Å²) >= 11 is 1.52. The number of hydrogen-bond acceptors (Lipinski definition) is 4. The summed E-state index contributed by atoms with van der Waals surface area (Å²) in [5.74, 6) is 1.34. The zero-order valence-corrected chi connectivity index (χ0v) is 18.3. The lowest BCUT2D eigenvalue weighted by atomic mass is 9.99. The SMILES string of the molecule is CC[C@H](C)c1ccc(NC(=O)Cc2csc(COc3cc(C)ccc3C)n2)cc1. The molecule has 3 rings (SSSR count). The molecular formula is C24H28N2O2S. The first-order chi connectivity index (χ1) is 13.9. The van der Waals surface area contributed by atoms with E-state index in [-0.39, 0.29) is 12.3 Å². The molecule has 3 aromatic rings. The van der Waals surface area contributed by atoms with Crippen molar-refractivity contribution >= 4 is 22.9 Å². The fraction of sp³-hybridized carbons (Fsp3) is 0.333. The van der Waals surface area contributed by atoms with E-state index in [4.69, 9.17) is 4.74 Å². The Morgan fingerprint density at radius 2 is 1.93 bits per heavy atom. The fourth-order valence-corrected chi connectivity index (χ4v) is 3.70. The van der Waals surface area contributed by atoms with Gasteiger partial charge in [-0.3, -0.25) is 4.79 Å². The lowest BCUT2D eigenvalue weighted by Crippen LogP contribution is -2.14. The third kappa shape index (κ3) is 5.91. The first-order valence-electron chi connectivity index (χ1n) is 9.97. The summed E-state index contributed by atoms with van der Waals surface area (Å²) in [4.78, 5) is 16.9. The third-order valence-corrected chi connectivity index (χ3v) is 5.88. The predicted octanol–water partition coefficient (Wildman–Crippen LogP) is 6.03. The second kappa shape index (κ2) is 9.70. The maximum Gasteiger partial charge on any atom is 0.230 e. The summed E-state index contributed by atoms with van der Waals surface area (Å²) in [6, 6.07) is 14.2. The van der Waals surface area contributed by atoms with Crippen molar-refractivity contribution in [3.63, 3.8) is 0 Å². The van der Waals surface area contributed by atoms with E-state index in [1.54, 1.807) is 0 Å². The molecule has 1 N–H and O–H groups in total. The number of nitrogens with one attached hydrogen (secondary N) is 1. The van der Waals surface area contributed by atoms with Crippen molar-refractivity contribution in [2.75, 3.05) is 5.32 Å². The standard InChI is InChI=1S/C24H28N2O2S/c1-5-17(3)19-8-10-20(11-9-19)25-23(27)13-21-15-29-24(26-21)14-28-22-12-16(2)6-7-18(22)4/h6-12,15,17H,5,13-14H2,1-4H3,(H,25,27)/t17-/m0/s1. The Kier molecular flexibility index (Phi) is 7.04. The van der Waals surface area contributed by atoms with Gasteiger partial charge in [-0.25, -0.2) is 4.98 Å². The maximum absolute atomic E-state index is 12.3. The van der Waals surface area contributed by atoms with Gasteiger partial charge in [0, 0.05) is 11.1 Å². The Hall–Kier alpha value is -2.66. The summed E-state index contributed by atoms with van der Waals surface area (Å²) < 4.78 is 5.90. The van der Waals surface area contributed by atoms with Gasteiger partial charge in [0.2, 0.25) is 5.91 Å². The molecule has 0 aliphatic rings. The van der Waals surface area contributed by atoms with Crippen molar-refractivity contribution in [2.24, 2.45) is 0 Å². The van der Waals surface area contributed by atoms with Crippen LogP contribution in [0.2, 0.25) is 0 Å². The quantitative estimate of drug-likeness (QED) is 0.495. The smallest absolute Gasteiger partial charge is 0.230 e. The van der Waals surface area contributed by atoms with Gasteiger partial charge in [-0.05, 0) is 61.1 Å². The van der Waals surface area contributed by atoms with Gasteiger partial charge in [-0.2, -0.15) is 0 Å². The Morgan fingerprint density at radius 3 is 2.66 bits per heavy atom. The molecule has 0 saturated carbocycles. The average Bonchev–Trinajstić information content (AvgIpc) is 3.15. The number of aromatic nitrogens is 1. The van der Waals surface area contributed by atoms with Crippen LogP contribution >= 0.6 is 11.3 Å². The number of carbonyl (C=O) groups excluding carboxylic acids is 1. The van der Waals surface area contributed by atoms with Crippen LogP contribution < -0.4 is 10.1 Å². The van der Waals surface area contributed by atoms with E-state index < -0.39 is 0 Å². The monoisotopic (exact) mass is 408 g/mol. The molecule has 1 amide bonds. The number of thiazole rings is 1. The Labute approximate surface area is 177 Å². The van der Waals surface area contributed by atoms with Crippen molar-refractivity contribution in [3.05, 3.63) is 75.2 Å². The van der Waals surface area contributed by atoms with Crippen molar-refractivity contribution in [1.82, 2.24) is 4.98 Å². The van der Waals surface area contributed by atoms with Crippen LogP contribution in [-0.2, 0) is 17.8 Å². The van der Waals surface area contributed by atoms with Crippen molar-refractivity contribution in [1.29, 1.82) is 0 Å².